The standard InChI is InChI=1S/C13H12ClIN2O/c14-10-3-4-12(15)11(6-10)13(18)17-5-1-2-9(7-16)8-17/h3-4,6,9H,1-2,5,8H2. The highest BCUT2D eigenvalue weighted by atomic mass is 127. The number of likely N-dealkylation sites (tertiary alicyclic amines) is 1. The molecule has 0 saturated carbocycles. The second kappa shape index (κ2) is 5.89. The van der Waals surface area contributed by atoms with E-state index in [1.807, 2.05) is 6.07 Å². The summed E-state index contributed by atoms with van der Waals surface area (Å²) >= 11 is 8.06. The minimum Gasteiger partial charge on any atom is -0.337 e. The fraction of sp³-hybridized carbons (Fsp3) is 0.385. The topological polar surface area (TPSA) is 44.1 Å². The Morgan fingerprint density at radius 1 is 1.56 bits per heavy atom. The molecule has 1 aliphatic rings. The number of piperidine rings is 1. The molecule has 3 nitrogen and oxygen atoms in total. The maximum Gasteiger partial charge on any atom is 0.255 e. The minimum absolute atomic E-state index is 0.0261. The predicted octanol–water partition coefficient (Wildman–Crippen LogP) is 3.32. The molecule has 94 valence electrons. The van der Waals surface area contributed by atoms with Crippen molar-refractivity contribution in [3.05, 3.63) is 32.4 Å². The molecule has 0 spiro atoms. The average Bonchev–Trinajstić information content (AvgIpc) is 2.41. The van der Waals surface area contributed by atoms with Gasteiger partial charge in [-0.1, -0.05) is 11.6 Å². The number of hydrogen-bond donors (Lipinski definition) is 0. The summed E-state index contributed by atoms with van der Waals surface area (Å²) < 4.78 is 0.890. The number of carbonyl (C=O) groups is 1. The van der Waals surface area contributed by atoms with Crippen LogP contribution in [0.4, 0.5) is 0 Å². The number of amides is 1. The van der Waals surface area contributed by atoms with E-state index in [-0.39, 0.29) is 11.8 Å². The summed E-state index contributed by atoms with van der Waals surface area (Å²) in [4.78, 5) is 14.1. The van der Waals surface area contributed by atoms with Gasteiger partial charge in [0.1, 0.15) is 0 Å². The second-order valence-electron chi connectivity index (χ2n) is 4.34. The summed E-state index contributed by atoms with van der Waals surface area (Å²) in [7, 11) is 0. The lowest BCUT2D eigenvalue weighted by Crippen LogP contribution is -2.39. The van der Waals surface area contributed by atoms with Gasteiger partial charge in [0.05, 0.1) is 17.6 Å². The summed E-state index contributed by atoms with van der Waals surface area (Å²) in [5, 5.41) is 9.51. The Hall–Kier alpha value is -0.800. The normalized spacial score (nSPS) is 19.4. The van der Waals surface area contributed by atoms with Crippen LogP contribution in [0.2, 0.25) is 5.02 Å². The molecular formula is C13H12ClIN2O. The molecule has 1 atom stereocenters. The zero-order valence-electron chi connectivity index (χ0n) is 9.70. The van der Waals surface area contributed by atoms with Crippen molar-refractivity contribution in [3.63, 3.8) is 0 Å². The Morgan fingerprint density at radius 2 is 2.33 bits per heavy atom. The maximum atomic E-state index is 12.4. The molecule has 0 N–H and O–H groups in total. The largest absolute Gasteiger partial charge is 0.337 e. The molecule has 1 aromatic carbocycles. The molecule has 1 aliphatic heterocycles. The van der Waals surface area contributed by atoms with Crippen LogP contribution in [0.5, 0.6) is 0 Å². The van der Waals surface area contributed by atoms with Crippen molar-refractivity contribution >= 4 is 40.1 Å². The highest BCUT2D eigenvalue weighted by Gasteiger charge is 2.25. The zero-order valence-corrected chi connectivity index (χ0v) is 12.6. The SMILES string of the molecule is N#CC1CCCN(C(=O)c2cc(Cl)ccc2I)C1. The Morgan fingerprint density at radius 3 is 3.06 bits per heavy atom. The smallest absolute Gasteiger partial charge is 0.255 e. The van der Waals surface area contributed by atoms with Crippen LogP contribution in [0.15, 0.2) is 18.2 Å². The van der Waals surface area contributed by atoms with Crippen LogP contribution in [0.3, 0.4) is 0 Å². The molecule has 0 aromatic heterocycles. The summed E-state index contributed by atoms with van der Waals surface area (Å²) in [6.07, 6.45) is 1.77. The van der Waals surface area contributed by atoms with Crippen LogP contribution < -0.4 is 0 Å². The van der Waals surface area contributed by atoms with Crippen molar-refractivity contribution < 1.29 is 4.79 Å². The average molecular weight is 375 g/mol. The van der Waals surface area contributed by atoms with Crippen molar-refractivity contribution in [2.24, 2.45) is 5.92 Å². The second-order valence-corrected chi connectivity index (χ2v) is 5.94. The lowest BCUT2D eigenvalue weighted by atomic mass is 9.99. The number of halogens is 2. The molecule has 18 heavy (non-hydrogen) atoms. The van der Waals surface area contributed by atoms with Gasteiger partial charge in [0.15, 0.2) is 0 Å². The summed E-state index contributed by atoms with van der Waals surface area (Å²) in [5.74, 6) is -0.0682. The number of rotatable bonds is 1. The van der Waals surface area contributed by atoms with Gasteiger partial charge < -0.3 is 4.90 Å². The van der Waals surface area contributed by atoms with Crippen molar-refractivity contribution in [2.75, 3.05) is 13.1 Å². The van der Waals surface area contributed by atoms with Gasteiger partial charge in [-0.3, -0.25) is 4.79 Å². The van der Waals surface area contributed by atoms with E-state index in [9.17, 15) is 4.79 Å². The third-order valence-electron chi connectivity index (χ3n) is 3.05. The molecule has 0 bridgehead atoms. The third-order valence-corrected chi connectivity index (χ3v) is 4.23. The van der Waals surface area contributed by atoms with Gasteiger partial charge in [0.25, 0.3) is 5.91 Å². The third kappa shape index (κ3) is 2.96. The lowest BCUT2D eigenvalue weighted by Gasteiger charge is -2.30. The van der Waals surface area contributed by atoms with Crippen molar-refractivity contribution in [3.8, 4) is 6.07 Å². The van der Waals surface area contributed by atoms with Gasteiger partial charge in [0.2, 0.25) is 0 Å². The van der Waals surface area contributed by atoms with Gasteiger partial charge >= 0.3 is 0 Å². The lowest BCUT2D eigenvalue weighted by molar-refractivity contribution is 0.0697. The summed E-state index contributed by atoms with van der Waals surface area (Å²) in [6.45, 7) is 1.25. The number of hydrogen-bond acceptors (Lipinski definition) is 2. The van der Waals surface area contributed by atoms with Gasteiger partial charge in [0, 0.05) is 21.7 Å². The van der Waals surface area contributed by atoms with E-state index >= 15 is 0 Å². The number of nitrogens with zero attached hydrogens (tertiary/aromatic N) is 2. The molecule has 1 fully saturated rings. The van der Waals surface area contributed by atoms with E-state index in [1.165, 1.54) is 0 Å². The van der Waals surface area contributed by atoms with Crippen LogP contribution >= 0.6 is 34.2 Å². The van der Waals surface area contributed by atoms with Crippen LogP contribution in [-0.2, 0) is 0 Å². The fourth-order valence-electron chi connectivity index (χ4n) is 2.10. The molecule has 1 unspecified atom stereocenters. The molecule has 0 radical (unpaired) electrons. The summed E-state index contributed by atoms with van der Waals surface area (Å²) in [5.41, 5.74) is 0.627. The van der Waals surface area contributed by atoms with E-state index in [4.69, 9.17) is 16.9 Å². The zero-order chi connectivity index (χ0) is 13.1. The van der Waals surface area contributed by atoms with E-state index in [1.54, 1.807) is 17.0 Å². The van der Waals surface area contributed by atoms with Gasteiger partial charge in [-0.25, -0.2) is 0 Å². The molecule has 5 heteroatoms. The number of nitriles is 1. The van der Waals surface area contributed by atoms with E-state index < -0.39 is 0 Å². The molecule has 0 aliphatic carbocycles. The molecule has 1 saturated heterocycles. The van der Waals surface area contributed by atoms with E-state index in [0.717, 1.165) is 23.0 Å². The molecular weight excluding hydrogens is 363 g/mol. The van der Waals surface area contributed by atoms with Crippen molar-refractivity contribution in [2.45, 2.75) is 12.8 Å². The van der Waals surface area contributed by atoms with Crippen LogP contribution in [0, 0.1) is 20.8 Å². The fourth-order valence-corrected chi connectivity index (χ4v) is 2.84. The van der Waals surface area contributed by atoms with Crippen molar-refractivity contribution in [1.82, 2.24) is 4.90 Å². The molecule has 1 heterocycles. The van der Waals surface area contributed by atoms with E-state index in [0.29, 0.717) is 17.1 Å². The van der Waals surface area contributed by atoms with Gasteiger partial charge in [-0.2, -0.15) is 5.26 Å². The minimum atomic E-state index is -0.0421. The first-order valence-corrected chi connectivity index (χ1v) is 7.21. The molecule has 1 amide bonds. The van der Waals surface area contributed by atoms with Crippen LogP contribution in [0.25, 0.3) is 0 Å². The molecule has 1 aromatic rings. The van der Waals surface area contributed by atoms with Gasteiger partial charge in [-0.15, -0.1) is 0 Å². The predicted molar refractivity (Wildman–Crippen MR) is 78.4 cm³/mol. The first-order chi connectivity index (χ1) is 8.61. The monoisotopic (exact) mass is 374 g/mol. The Labute approximate surface area is 125 Å². The highest BCUT2D eigenvalue weighted by Crippen LogP contribution is 2.22. The molecule has 2 rings (SSSR count). The maximum absolute atomic E-state index is 12.4. The first-order valence-electron chi connectivity index (χ1n) is 5.75. The number of benzene rings is 1. The van der Waals surface area contributed by atoms with Gasteiger partial charge in [-0.05, 0) is 53.6 Å². The first kappa shape index (κ1) is 13.6. The van der Waals surface area contributed by atoms with E-state index in [2.05, 4.69) is 28.7 Å². The van der Waals surface area contributed by atoms with Crippen molar-refractivity contribution in [1.29, 1.82) is 5.26 Å². The Kier molecular flexibility index (Phi) is 4.46. The Balaban J connectivity index is 2.21. The Bertz CT molecular complexity index is 512. The highest BCUT2D eigenvalue weighted by molar-refractivity contribution is 14.1. The quantitative estimate of drug-likeness (QED) is 0.708. The number of carbonyl (C=O) groups excluding carboxylic acids is 1. The summed E-state index contributed by atoms with van der Waals surface area (Å²) in [6, 6.07) is 7.55. The van der Waals surface area contributed by atoms with Crippen LogP contribution in [-0.4, -0.2) is 23.9 Å². The van der Waals surface area contributed by atoms with Crippen LogP contribution in [0.1, 0.15) is 23.2 Å².